The normalized spacial score (nSPS) is 12.4. The van der Waals surface area contributed by atoms with Crippen molar-refractivity contribution in [2.45, 2.75) is 12.3 Å². The zero-order valence-corrected chi connectivity index (χ0v) is 13.3. The number of fused-ring (bicyclic) bond motifs is 1. The lowest BCUT2D eigenvalue weighted by atomic mass is 9.94. The van der Waals surface area contributed by atoms with Crippen molar-refractivity contribution >= 4 is 43.5 Å². The number of aromatic nitrogens is 2. The second kappa shape index (κ2) is 5.91. The molecule has 3 rings (SSSR count). The zero-order valence-electron chi connectivity index (χ0n) is 10.9. The predicted octanol–water partition coefficient (Wildman–Crippen LogP) is 3.86. The van der Waals surface area contributed by atoms with E-state index in [4.69, 9.17) is 0 Å². The first-order valence-electron chi connectivity index (χ1n) is 6.31. The molecule has 0 aliphatic carbocycles. The largest absolute Gasteiger partial charge is 0.481 e. The molecule has 1 unspecified atom stereocenters. The van der Waals surface area contributed by atoms with Crippen LogP contribution < -0.4 is 0 Å². The summed E-state index contributed by atoms with van der Waals surface area (Å²) in [6, 6.07) is 9.52. The SMILES string of the molecule is O=C(O)C(Cc1ccccc1Br)c1ncnc2sccc12. The van der Waals surface area contributed by atoms with E-state index in [1.165, 1.54) is 17.7 Å². The fourth-order valence-corrected chi connectivity index (χ4v) is 3.46. The van der Waals surface area contributed by atoms with Crippen molar-refractivity contribution in [3.05, 3.63) is 57.8 Å². The maximum Gasteiger partial charge on any atom is 0.312 e. The molecule has 6 heteroatoms. The van der Waals surface area contributed by atoms with Crippen molar-refractivity contribution in [3.63, 3.8) is 0 Å². The Morgan fingerprint density at radius 2 is 2.10 bits per heavy atom. The van der Waals surface area contributed by atoms with Crippen LogP contribution in [0.25, 0.3) is 10.2 Å². The summed E-state index contributed by atoms with van der Waals surface area (Å²) in [6.45, 7) is 0. The van der Waals surface area contributed by atoms with E-state index in [1.54, 1.807) is 0 Å². The number of benzene rings is 1. The predicted molar refractivity (Wildman–Crippen MR) is 85.6 cm³/mol. The minimum Gasteiger partial charge on any atom is -0.481 e. The van der Waals surface area contributed by atoms with Crippen LogP contribution in [0.2, 0.25) is 0 Å². The van der Waals surface area contributed by atoms with Gasteiger partial charge in [-0.2, -0.15) is 0 Å². The van der Waals surface area contributed by atoms with Gasteiger partial charge in [-0.05, 0) is 29.5 Å². The molecule has 0 bridgehead atoms. The second-order valence-electron chi connectivity index (χ2n) is 4.58. The van der Waals surface area contributed by atoms with Gasteiger partial charge < -0.3 is 5.11 Å². The number of carbonyl (C=O) groups is 1. The number of aliphatic carboxylic acids is 1. The van der Waals surface area contributed by atoms with Gasteiger partial charge in [0, 0.05) is 9.86 Å². The number of hydrogen-bond acceptors (Lipinski definition) is 4. The Morgan fingerprint density at radius 3 is 2.86 bits per heavy atom. The molecule has 0 saturated carbocycles. The van der Waals surface area contributed by atoms with Crippen molar-refractivity contribution in [1.82, 2.24) is 9.97 Å². The molecule has 1 atom stereocenters. The average molecular weight is 363 g/mol. The third-order valence-electron chi connectivity index (χ3n) is 3.30. The van der Waals surface area contributed by atoms with Crippen LogP contribution in [0.15, 0.2) is 46.5 Å². The second-order valence-corrected chi connectivity index (χ2v) is 6.33. The third-order valence-corrected chi connectivity index (χ3v) is 4.90. The van der Waals surface area contributed by atoms with E-state index in [-0.39, 0.29) is 0 Å². The highest BCUT2D eigenvalue weighted by Crippen LogP contribution is 2.30. The molecular formula is C15H11BrN2O2S. The molecule has 2 heterocycles. The molecule has 1 aromatic carbocycles. The van der Waals surface area contributed by atoms with Crippen LogP contribution >= 0.6 is 27.3 Å². The molecule has 1 N–H and O–H groups in total. The summed E-state index contributed by atoms with van der Waals surface area (Å²) in [4.78, 5) is 20.9. The van der Waals surface area contributed by atoms with Gasteiger partial charge in [0.15, 0.2) is 0 Å². The van der Waals surface area contributed by atoms with E-state index in [0.29, 0.717) is 12.1 Å². The van der Waals surface area contributed by atoms with Gasteiger partial charge in [-0.15, -0.1) is 11.3 Å². The van der Waals surface area contributed by atoms with E-state index < -0.39 is 11.9 Å². The van der Waals surface area contributed by atoms with Crippen LogP contribution in [0, 0.1) is 0 Å². The lowest BCUT2D eigenvalue weighted by Gasteiger charge is -2.13. The first-order valence-corrected chi connectivity index (χ1v) is 7.98. The van der Waals surface area contributed by atoms with Crippen LogP contribution in [0.4, 0.5) is 0 Å². The van der Waals surface area contributed by atoms with Gasteiger partial charge >= 0.3 is 5.97 Å². The number of nitrogens with zero attached hydrogens (tertiary/aromatic N) is 2. The molecule has 0 aliphatic rings. The molecule has 21 heavy (non-hydrogen) atoms. The molecular weight excluding hydrogens is 352 g/mol. The number of thiophene rings is 1. The van der Waals surface area contributed by atoms with Gasteiger partial charge in [-0.1, -0.05) is 34.1 Å². The fraction of sp³-hybridized carbons (Fsp3) is 0.133. The van der Waals surface area contributed by atoms with Crippen LogP contribution in [-0.2, 0) is 11.2 Å². The van der Waals surface area contributed by atoms with Gasteiger partial charge in [-0.3, -0.25) is 4.79 Å². The Morgan fingerprint density at radius 1 is 1.29 bits per heavy atom. The Bertz CT molecular complexity index is 803. The molecule has 106 valence electrons. The fourth-order valence-electron chi connectivity index (χ4n) is 2.27. The first kappa shape index (κ1) is 14.2. The van der Waals surface area contributed by atoms with E-state index in [9.17, 15) is 9.90 Å². The number of rotatable bonds is 4. The summed E-state index contributed by atoms with van der Waals surface area (Å²) in [5, 5.41) is 12.3. The van der Waals surface area contributed by atoms with Crippen molar-refractivity contribution in [3.8, 4) is 0 Å². The van der Waals surface area contributed by atoms with E-state index in [2.05, 4.69) is 25.9 Å². The Labute approximate surface area is 133 Å². The maximum atomic E-state index is 11.7. The molecule has 0 radical (unpaired) electrons. The highest BCUT2D eigenvalue weighted by molar-refractivity contribution is 9.10. The van der Waals surface area contributed by atoms with Crippen molar-refractivity contribution in [2.24, 2.45) is 0 Å². The summed E-state index contributed by atoms with van der Waals surface area (Å²) in [5.74, 6) is -1.57. The van der Waals surface area contributed by atoms with E-state index in [0.717, 1.165) is 20.3 Å². The highest BCUT2D eigenvalue weighted by Gasteiger charge is 2.25. The van der Waals surface area contributed by atoms with Gasteiger partial charge in [0.2, 0.25) is 0 Å². The molecule has 3 aromatic rings. The van der Waals surface area contributed by atoms with Crippen molar-refractivity contribution < 1.29 is 9.90 Å². The molecule has 0 fully saturated rings. The lowest BCUT2D eigenvalue weighted by molar-refractivity contribution is -0.138. The van der Waals surface area contributed by atoms with Gasteiger partial charge in [0.05, 0.1) is 5.69 Å². The minimum absolute atomic E-state index is 0.388. The van der Waals surface area contributed by atoms with Gasteiger partial charge in [0.25, 0.3) is 0 Å². The van der Waals surface area contributed by atoms with Crippen molar-refractivity contribution in [2.75, 3.05) is 0 Å². The quantitative estimate of drug-likeness (QED) is 0.765. The molecule has 0 saturated heterocycles. The van der Waals surface area contributed by atoms with Crippen LogP contribution in [0.3, 0.4) is 0 Å². The zero-order chi connectivity index (χ0) is 14.8. The highest BCUT2D eigenvalue weighted by atomic mass is 79.9. The molecule has 2 aromatic heterocycles. The summed E-state index contributed by atoms with van der Waals surface area (Å²) in [5.41, 5.74) is 1.52. The van der Waals surface area contributed by atoms with Crippen LogP contribution in [0.5, 0.6) is 0 Å². The van der Waals surface area contributed by atoms with E-state index in [1.807, 2.05) is 35.7 Å². The number of carboxylic acids is 1. The Kier molecular flexibility index (Phi) is 3.98. The number of carboxylic acid groups (broad SMARTS) is 1. The Hall–Kier alpha value is -1.79. The topological polar surface area (TPSA) is 63.1 Å². The third kappa shape index (κ3) is 2.82. The smallest absolute Gasteiger partial charge is 0.312 e. The first-order chi connectivity index (χ1) is 10.2. The summed E-state index contributed by atoms with van der Waals surface area (Å²) < 4.78 is 0.909. The van der Waals surface area contributed by atoms with Crippen LogP contribution in [-0.4, -0.2) is 21.0 Å². The molecule has 0 amide bonds. The average Bonchev–Trinajstić information content (AvgIpc) is 2.94. The van der Waals surface area contributed by atoms with Crippen molar-refractivity contribution in [1.29, 1.82) is 0 Å². The van der Waals surface area contributed by atoms with Crippen LogP contribution in [0.1, 0.15) is 17.2 Å². The van der Waals surface area contributed by atoms with Gasteiger partial charge in [0.1, 0.15) is 17.1 Å². The molecule has 0 aliphatic heterocycles. The summed E-state index contributed by atoms with van der Waals surface area (Å²) in [6.07, 6.45) is 1.82. The minimum atomic E-state index is -0.878. The molecule has 4 nitrogen and oxygen atoms in total. The number of hydrogen-bond donors (Lipinski definition) is 1. The Balaban J connectivity index is 2.05. The standard InChI is InChI=1S/C15H11BrN2O2S/c16-12-4-2-1-3-9(12)7-11(15(19)20)13-10-5-6-21-14(10)18-8-17-13/h1-6,8,11H,7H2,(H,19,20). The lowest BCUT2D eigenvalue weighted by Crippen LogP contribution is -2.16. The summed E-state index contributed by atoms with van der Waals surface area (Å²) in [7, 11) is 0. The van der Waals surface area contributed by atoms with E-state index >= 15 is 0 Å². The monoisotopic (exact) mass is 362 g/mol. The van der Waals surface area contributed by atoms with Gasteiger partial charge in [-0.25, -0.2) is 9.97 Å². The molecule has 0 spiro atoms. The summed E-state index contributed by atoms with van der Waals surface area (Å²) >= 11 is 4.95. The maximum absolute atomic E-state index is 11.7. The number of halogens is 1.